The number of primary amides is 1. The number of hydrogen-bond donors (Lipinski definition) is 2. The summed E-state index contributed by atoms with van der Waals surface area (Å²) in [6.45, 7) is 1.29. The Labute approximate surface area is 121 Å². The Bertz CT molecular complexity index is 351. The van der Waals surface area contributed by atoms with Gasteiger partial charge in [-0.25, -0.2) is 0 Å². The third-order valence-corrected chi connectivity index (χ3v) is 4.83. The average Bonchev–Trinajstić information content (AvgIpc) is 2.46. The molecule has 1 aliphatic heterocycles. The molecule has 0 radical (unpaired) electrons. The average molecular weight is 281 g/mol. The Balaban J connectivity index is 1.73. The number of hydrogen-bond acceptors (Lipinski definition) is 3. The molecule has 1 saturated carbocycles. The molecule has 2 amide bonds. The van der Waals surface area contributed by atoms with Crippen molar-refractivity contribution in [3.05, 3.63) is 0 Å². The van der Waals surface area contributed by atoms with Crippen LogP contribution >= 0.6 is 0 Å². The van der Waals surface area contributed by atoms with Gasteiger partial charge in [-0.1, -0.05) is 0 Å². The van der Waals surface area contributed by atoms with E-state index in [2.05, 4.69) is 0 Å². The molecule has 0 spiro atoms. The number of carbonyl (C=O) groups is 2. The van der Waals surface area contributed by atoms with Crippen LogP contribution in [0.4, 0.5) is 0 Å². The molecule has 20 heavy (non-hydrogen) atoms. The standard InChI is InChI=1S/C15H27N3O2/c16-13-6-3-11(4-7-13)5-8-14(19)18-9-1-2-12(10-18)15(17)20/h11-13H,1-10,16H2,(H2,17,20). The van der Waals surface area contributed by atoms with E-state index in [1.165, 1.54) is 0 Å². The molecule has 1 unspecified atom stereocenters. The van der Waals surface area contributed by atoms with Crippen molar-refractivity contribution < 1.29 is 9.59 Å². The second-order valence-corrected chi connectivity index (χ2v) is 6.40. The number of amides is 2. The minimum Gasteiger partial charge on any atom is -0.369 e. The first kappa shape index (κ1) is 15.3. The lowest BCUT2D eigenvalue weighted by Gasteiger charge is -2.32. The number of nitrogens with zero attached hydrogens (tertiary/aromatic N) is 1. The van der Waals surface area contributed by atoms with Crippen LogP contribution in [-0.4, -0.2) is 35.8 Å². The summed E-state index contributed by atoms with van der Waals surface area (Å²) in [6, 6.07) is 0.361. The van der Waals surface area contributed by atoms with Crippen molar-refractivity contribution in [3.8, 4) is 0 Å². The van der Waals surface area contributed by atoms with Gasteiger partial charge in [0.2, 0.25) is 11.8 Å². The Morgan fingerprint density at radius 3 is 2.45 bits per heavy atom. The van der Waals surface area contributed by atoms with Crippen LogP contribution in [0.1, 0.15) is 51.4 Å². The molecule has 1 saturated heterocycles. The van der Waals surface area contributed by atoms with E-state index in [1.54, 1.807) is 0 Å². The highest BCUT2D eigenvalue weighted by Gasteiger charge is 2.27. The van der Waals surface area contributed by atoms with E-state index in [9.17, 15) is 9.59 Å². The van der Waals surface area contributed by atoms with Crippen LogP contribution in [0.5, 0.6) is 0 Å². The minimum atomic E-state index is -0.274. The van der Waals surface area contributed by atoms with Crippen LogP contribution < -0.4 is 11.5 Å². The highest BCUT2D eigenvalue weighted by Crippen LogP contribution is 2.27. The maximum Gasteiger partial charge on any atom is 0.222 e. The largest absolute Gasteiger partial charge is 0.369 e. The van der Waals surface area contributed by atoms with Gasteiger partial charge >= 0.3 is 0 Å². The van der Waals surface area contributed by atoms with Crippen LogP contribution in [0, 0.1) is 11.8 Å². The fourth-order valence-electron chi connectivity index (χ4n) is 3.40. The van der Waals surface area contributed by atoms with Gasteiger partial charge in [-0.15, -0.1) is 0 Å². The normalized spacial score (nSPS) is 31.1. The predicted octanol–water partition coefficient (Wildman–Crippen LogP) is 1.01. The van der Waals surface area contributed by atoms with Gasteiger partial charge in [-0.3, -0.25) is 9.59 Å². The lowest BCUT2D eigenvalue weighted by atomic mass is 9.83. The van der Waals surface area contributed by atoms with Crippen LogP contribution in [0.2, 0.25) is 0 Å². The first-order valence-corrected chi connectivity index (χ1v) is 7.89. The smallest absolute Gasteiger partial charge is 0.222 e. The maximum atomic E-state index is 12.2. The fourth-order valence-corrected chi connectivity index (χ4v) is 3.40. The van der Waals surface area contributed by atoms with E-state index >= 15 is 0 Å². The summed E-state index contributed by atoms with van der Waals surface area (Å²) in [5.41, 5.74) is 11.2. The zero-order valence-electron chi connectivity index (χ0n) is 12.2. The van der Waals surface area contributed by atoms with E-state index in [1.807, 2.05) is 4.90 Å². The molecule has 114 valence electrons. The highest BCUT2D eigenvalue weighted by molar-refractivity contribution is 5.80. The summed E-state index contributed by atoms with van der Waals surface area (Å²) < 4.78 is 0. The first-order chi connectivity index (χ1) is 9.56. The van der Waals surface area contributed by atoms with Crippen LogP contribution in [0.15, 0.2) is 0 Å². The molecule has 2 fully saturated rings. The Kier molecular flexibility index (Phi) is 5.40. The van der Waals surface area contributed by atoms with E-state index in [0.717, 1.165) is 51.5 Å². The zero-order valence-corrected chi connectivity index (χ0v) is 12.2. The van der Waals surface area contributed by atoms with Crippen LogP contribution in [-0.2, 0) is 9.59 Å². The molecule has 1 aliphatic carbocycles. The lowest BCUT2D eigenvalue weighted by molar-refractivity contribution is -0.135. The van der Waals surface area contributed by atoms with Crippen molar-refractivity contribution >= 4 is 11.8 Å². The summed E-state index contributed by atoms with van der Waals surface area (Å²) in [6.07, 6.45) is 7.75. The molecule has 4 N–H and O–H groups in total. The Hall–Kier alpha value is -1.10. The van der Waals surface area contributed by atoms with E-state index in [4.69, 9.17) is 11.5 Å². The molecule has 0 bridgehead atoms. The summed E-state index contributed by atoms with van der Waals surface area (Å²) in [4.78, 5) is 25.3. The van der Waals surface area contributed by atoms with Gasteiger partial charge in [0.25, 0.3) is 0 Å². The van der Waals surface area contributed by atoms with Gasteiger partial charge in [-0.2, -0.15) is 0 Å². The third-order valence-electron chi connectivity index (χ3n) is 4.83. The van der Waals surface area contributed by atoms with E-state index < -0.39 is 0 Å². The number of piperidine rings is 1. The van der Waals surface area contributed by atoms with E-state index in [-0.39, 0.29) is 17.7 Å². The predicted molar refractivity (Wildman–Crippen MR) is 77.7 cm³/mol. The molecule has 0 aromatic rings. The van der Waals surface area contributed by atoms with Gasteiger partial charge in [0.15, 0.2) is 0 Å². The monoisotopic (exact) mass is 281 g/mol. The fraction of sp³-hybridized carbons (Fsp3) is 0.867. The number of likely N-dealkylation sites (tertiary alicyclic amines) is 1. The van der Waals surface area contributed by atoms with Gasteiger partial charge in [0.1, 0.15) is 0 Å². The first-order valence-electron chi connectivity index (χ1n) is 7.89. The molecule has 5 heteroatoms. The van der Waals surface area contributed by atoms with Gasteiger partial charge in [-0.05, 0) is 50.9 Å². The number of rotatable bonds is 4. The van der Waals surface area contributed by atoms with Gasteiger partial charge in [0, 0.05) is 25.6 Å². The second-order valence-electron chi connectivity index (χ2n) is 6.40. The molecule has 5 nitrogen and oxygen atoms in total. The summed E-state index contributed by atoms with van der Waals surface area (Å²) in [5, 5.41) is 0. The van der Waals surface area contributed by atoms with Gasteiger partial charge in [0.05, 0.1) is 5.92 Å². The lowest BCUT2D eigenvalue weighted by Crippen LogP contribution is -2.44. The summed E-state index contributed by atoms with van der Waals surface area (Å²) in [7, 11) is 0. The van der Waals surface area contributed by atoms with Crippen LogP contribution in [0.25, 0.3) is 0 Å². The van der Waals surface area contributed by atoms with Gasteiger partial charge < -0.3 is 16.4 Å². The van der Waals surface area contributed by atoms with E-state index in [0.29, 0.717) is 24.9 Å². The minimum absolute atomic E-state index is 0.152. The van der Waals surface area contributed by atoms with Crippen molar-refractivity contribution in [3.63, 3.8) is 0 Å². The number of carbonyl (C=O) groups excluding carboxylic acids is 2. The topological polar surface area (TPSA) is 89.4 Å². The van der Waals surface area contributed by atoms with Crippen molar-refractivity contribution in [1.29, 1.82) is 0 Å². The molecule has 0 aromatic carbocycles. The number of nitrogens with two attached hydrogens (primary N) is 2. The Morgan fingerprint density at radius 1 is 1.10 bits per heavy atom. The quantitative estimate of drug-likeness (QED) is 0.806. The van der Waals surface area contributed by atoms with Crippen molar-refractivity contribution in [2.45, 2.75) is 57.4 Å². The molecule has 2 aliphatic rings. The van der Waals surface area contributed by atoms with Crippen molar-refractivity contribution in [1.82, 2.24) is 4.90 Å². The van der Waals surface area contributed by atoms with Crippen molar-refractivity contribution in [2.24, 2.45) is 23.3 Å². The molecule has 1 atom stereocenters. The third kappa shape index (κ3) is 4.20. The zero-order chi connectivity index (χ0) is 14.5. The highest BCUT2D eigenvalue weighted by atomic mass is 16.2. The second kappa shape index (κ2) is 7.07. The molecule has 2 rings (SSSR count). The molecule has 0 aromatic heterocycles. The molecular weight excluding hydrogens is 254 g/mol. The maximum absolute atomic E-state index is 12.2. The molecule has 1 heterocycles. The van der Waals surface area contributed by atoms with Crippen molar-refractivity contribution in [2.75, 3.05) is 13.1 Å². The Morgan fingerprint density at radius 2 is 1.80 bits per heavy atom. The SMILES string of the molecule is NC(=O)C1CCCN(C(=O)CCC2CCC(N)CC2)C1. The van der Waals surface area contributed by atoms with Crippen LogP contribution in [0.3, 0.4) is 0 Å². The summed E-state index contributed by atoms with van der Waals surface area (Å²) >= 11 is 0. The summed E-state index contributed by atoms with van der Waals surface area (Å²) in [5.74, 6) is 0.408. The molecular formula is C15H27N3O2.